The zero-order valence-corrected chi connectivity index (χ0v) is 12.7. The highest BCUT2D eigenvalue weighted by Gasteiger charge is 2.10. The van der Waals surface area contributed by atoms with Crippen LogP contribution >= 0.6 is 11.3 Å². The second-order valence-corrected chi connectivity index (χ2v) is 5.53. The number of aryl methyl sites for hydroxylation is 1. The van der Waals surface area contributed by atoms with Gasteiger partial charge in [-0.15, -0.1) is 11.3 Å². The summed E-state index contributed by atoms with van der Waals surface area (Å²) in [6.07, 6.45) is 1.85. The Morgan fingerprint density at radius 2 is 2.00 bits per heavy atom. The van der Waals surface area contributed by atoms with Crippen molar-refractivity contribution < 1.29 is 0 Å². The Labute approximate surface area is 122 Å². The van der Waals surface area contributed by atoms with Crippen molar-refractivity contribution in [1.29, 1.82) is 0 Å². The molecule has 0 bridgehead atoms. The van der Waals surface area contributed by atoms with E-state index in [0.717, 1.165) is 18.1 Å². The van der Waals surface area contributed by atoms with E-state index in [0.29, 0.717) is 18.4 Å². The molecule has 2 aromatic heterocycles. The second kappa shape index (κ2) is 6.47. The summed E-state index contributed by atoms with van der Waals surface area (Å²) in [7, 11) is 0. The van der Waals surface area contributed by atoms with Crippen molar-refractivity contribution in [3.63, 3.8) is 0 Å². The van der Waals surface area contributed by atoms with Gasteiger partial charge in [-0.2, -0.15) is 15.0 Å². The molecule has 2 heterocycles. The van der Waals surface area contributed by atoms with Crippen molar-refractivity contribution in [2.75, 3.05) is 29.0 Å². The van der Waals surface area contributed by atoms with Gasteiger partial charge in [-0.1, -0.05) is 0 Å². The predicted octanol–water partition coefficient (Wildman–Crippen LogP) is 1.68. The number of nitrogens with one attached hydrogen (secondary N) is 1. The Kier molecular flexibility index (Phi) is 4.67. The van der Waals surface area contributed by atoms with Gasteiger partial charge in [0.15, 0.2) is 0 Å². The van der Waals surface area contributed by atoms with Crippen molar-refractivity contribution >= 4 is 29.2 Å². The first-order chi connectivity index (χ1) is 9.62. The Balaban J connectivity index is 2.11. The van der Waals surface area contributed by atoms with E-state index in [2.05, 4.69) is 39.1 Å². The molecule has 0 radical (unpaired) electrons. The lowest BCUT2D eigenvalue weighted by Gasteiger charge is -2.18. The van der Waals surface area contributed by atoms with E-state index in [1.54, 1.807) is 11.3 Å². The number of aromatic nitrogens is 4. The van der Waals surface area contributed by atoms with E-state index in [4.69, 9.17) is 5.73 Å². The van der Waals surface area contributed by atoms with Gasteiger partial charge in [0.05, 0.1) is 6.54 Å². The van der Waals surface area contributed by atoms with Crippen LogP contribution in [0.25, 0.3) is 0 Å². The first-order valence-electron chi connectivity index (χ1n) is 6.54. The highest BCUT2D eigenvalue weighted by Crippen LogP contribution is 2.15. The van der Waals surface area contributed by atoms with Crippen molar-refractivity contribution in [2.24, 2.45) is 0 Å². The average Bonchev–Trinajstić information content (AvgIpc) is 2.83. The van der Waals surface area contributed by atoms with Gasteiger partial charge in [0.2, 0.25) is 17.8 Å². The zero-order valence-electron chi connectivity index (χ0n) is 11.9. The van der Waals surface area contributed by atoms with Crippen molar-refractivity contribution in [1.82, 2.24) is 19.9 Å². The van der Waals surface area contributed by atoms with E-state index in [1.165, 1.54) is 4.88 Å². The number of anilines is 3. The molecule has 0 saturated heterocycles. The molecule has 0 aliphatic carbocycles. The molecule has 20 heavy (non-hydrogen) atoms. The number of nitrogens with two attached hydrogens (primary N) is 1. The van der Waals surface area contributed by atoms with Crippen LogP contribution in [-0.2, 0) is 6.54 Å². The zero-order chi connectivity index (χ0) is 14.5. The maximum Gasteiger partial charge on any atom is 0.231 e. The number of nitrogen functional groups attached to an aromatic ring is 1. The van der Waals surface area contributed by atoms with Crippen LogP contribution in [0.4, 0.5) is 17.8 Å². The fourth-order valence-electron chi connectivity index (χ4n) is 1.75. The van der Waals surface area contributed by atoms with Gasteiger partial charge in [-0.05, 0) is 20.8 Å². The molecule has 108 valence electrons. The molecule has 0 aliphatic heterocycles. The predicted molar refractivity (Wildman–Crippen MR) is 82.0 cm³/mol. The maximum atomic E-state index is 5.74. The molecule has 8 heteroatoms. The summed E-state index contributed by atoms with van der Waals surface area (Å²) in [5.41, 5.74) is 5.74. The highest BCUT2D eigenvalue weighted by molar-refractivity contribution is 7.11. The summed E-state index contributed by atoms with van der Waals surface area (Å²) in [5.74, 6) is 1.30. The van der Waals surface area contributed by atoms with Crippen LogP contribution < -0.4 is 16.0 Å². The van der Waals surface area contributed by atoms with Gasteiger partial charge >= 0.3 is 0 Å². The summed E-state index contributed by atoms with van der Waals surface area (Å²) >= 11 is 1.64. The molecule has 2 aromatic rings. The monoisotopic (exact) mass is 293 g/mol. The Morgan fingerprint density at radius 3 is 2.60 bits per heavy atom. The molecule has 0 atom stereocenters. The molecule has 0 saturated carbocycles. The Bertz CT molecular complexity index is 565. The van der Waals surface area contributed by atoms with E-state index >= 15 is 0 Å². The minimum absolute atomic E-state index is 0.222. The van der Waals surface area contributed by atoms with Crippen LogP contribution in [0.15, 0.2) is 6.20 Å². The number of hydrogen-bond donors (Lipinski definition) is 2. The fourth-order valence-corrected chi connectivity index (χ4v) is 2.47. The topological polar surface area (TPSA) is 92.9 Å². The molecular formula is C12H19N7S. The van der Waals surface area contributed by atoms with Crippen LogP contribution in [0, 0.1) is 6.92 Å². The molecule has 3 N–H and O–H groups in total. The van der Waals surface area contributed by atoms with E-state index < -0.39 is 0 Å². The van der Waals surface area contributed by atoms with E-state index in [9.17, 15) is 0 Å². The van der Waals surface area contributed by atoms with Crippen molar-refractivity contribution in [3.05, 3.63) is 16.1 Å². The lowest BCUT2D eigenvalue weighted by molar-refractivity contribution is 0.814. The maximum absolute atomic E-state index is 5.74. The molecule has 0 fully saturated rings. The van der Waals surface area contributed by atoms with Crippen LogP contribution in [0.2, 0.25) is 0 Å². The molecular weight excluding hydrogens is 274 g/mol. The quantitative estimate of drug-likeness (QED) is 0.837. The Morgan fingerprint density at radius 1 is 1.25 bits per heavy atom. The third-order valence-corrected chi connectivity index (χ3v) is 3.67. The van der Waals surface area contributed by atoms with Gasteiger partial charge < -0.3 is 16.0 Å². The van der Waals surface area contributed by atoms with Gasteiger partial charge in [0, 0.05) is 24.2 Å². The molecule has 7 nitrogen and oxygen atoms in total. The van der Waals surface area contributed by atoms with Crippen molar-refractivity contribution in [3.8, 4) is 0 Å². The third kappa shape index (κ3) is 3.53. The Hall–Kier alpha value is -1.96. The standard InChI is InChI=1S/C12H19N7S/c1-4-19(5-2)12-17-10(13)16-11(18-12)15-7-9-14-6-8(3)20-9/h6H,4-5,7H2,1-3H3,(H3,13,15,16,17,18). The lowest BCUT2D eigenvalue weighted by Crippen LogP contribution is -2.25. The van der Waals surface area contributed by atoms with Gasteiger partial charge in [-0.25, -0.2) is 4.98 Å². The SMILES string of the molecule is CCN(CC)c1nc(N)nc(NCc2ncc(C)s2)n1. The number of rotatable bonds is 6. The smallest absolute Gasteiger partial charge is 0.231 e. The summed E-state index contributed by atoms with van der Waals surface area (Å²) in [4.78, 5) is 20.1. The number of thiazole rings is 1. The van der Waals surface area contributed by atoms with E-state index in [1.807, 2.05) is 18.0 Å². The molecule has 0 aliphatic rings. The van der Waals surface area contributed by atoms with Gasteiger partial charge in [0.25, 0.3) is 0 Å². The highest BCUT2D eigenvalue weighted by atomic mass is 32.1. The third-order valence-electron chi connectivity index (χ3n) is 2.75. The van der Waals surface area contributed by atoms with Crippen molar-refractivity contribution in [2.45, 2.75) is 27.3 Å². The minimum atomic E-state index is 0.222. The fraction of sp³-hybridized carbons (Fsp3) is 0.500. The molecule has 2 rings (SSSR count). The number of hydrogen-bond acceptors (Lipinski definition) is 8. The van der Waals surface area contributed by atoms with E-state index in [-0.39, 0.29) is 5.95 Å². The van der Waals surface area contributed by atoms with Crippen LogP contribution in [0.1, 0.15) is 23.7 Å². The summed E-state index contributed by atoms with van der Waals surface area (Å²) in [6.45, 7) is 8.36. The van der Waals surface area contributed by atoms with Crippen LogP contribution in [0.5, 0.6) is 0 Å². The molecule has 0 unspecified atom stereocenters. The largest absolute Gasteiger partial charge is 0.368 e. The number of nitrogens with zero attached hydrogens (tertiary/aromatic N) is 5. The summed E-state index contributed by atoms with van der Waals surface area (Å²) in [6, 6.07) is 0. The molecule has 0 aromatic carbocycles. The summed E-state index contributed by atoms with van der Waals surface area (Å²) in [5, 5.41) is 4.13. The van der Waals surface area contributed by atoms with Gasteiger partial charge in [0.1, 0.15) is 5.01 Å². The second-order valence-electron chi connectivity index (χ2n) is 4.21. The minimum Gasteiger partial charge on any atom is -0.368 e. The molecule has 0 amide bonds. The normalized spacial score (nSPS) is 10.6. The average molecular weight is 293 g/mol. The lowest BCUT2D eigenvalue weighted by atomic mass is 10.5. The van der Waals surface area contributed by atoms with Crippen LogP contribution in [-0.4, -0.2) is 33.0 Å². The first-order valence-corrected chi connectivity index (χ1v) is 7.35. The van der Waals surface area contributed by atoms with Crippen LogP contribution in [0.3, 0.4) is 0 Å². The van der Waals surface area contributed by atoms with Gasteiger partial charge in [-0.3, -0.25) is 0 Å². The molecule has 0 spiro atoms. The summed E-state index contributed by atoms with van der Waals surface area (Å²) < 4.78 is 0. The first kappa shape index (κ1) is 14.4.